The molecule has 1 unspecified atom stereocenters. The number of carbonyl (C=O) groups excluding carboxylic acids is 2. The Morgan fingerprint density at radius 1 is 1.04 bits per heavy atom. The van der Waals surface area contributed by atoms with E-state index in [-0.39, 0.29) is 11.8 Å². The van der Waals surface area contributed by atoms with Gasteiger partial charge >= 0.3 is 0 Å². The van der Waals surface area contributed by atoms with Gasteiger partial charge < -0.3 is 15.4 Å². The Morgan fingerprint density at radius 2 is 1.93 bits per heavy atom. The van der Waals surface area contributed by atoms with Gasteiger partial charge in [0.25, 0.3) is 11.8 Å². The maximum absolute atomic E-state index is 12.7. The third-order valence-corrected chi connectivity index (χ3v) is 4.51. The third kappa shape index (κ3) is 3.80. The minimum Gasteiger partial charge on any atom is -0.368 e. The predicted molar refractivity (Wildman–Crippen MR) is 104 cm³/mol. The van der Waals surface area contributed by atoms with Crippen LogP contribution >= 0.6 is 0 Å². The minimum absolute atomic E-state index is 0.176. The summed E-state index contributed by atoms with van der Waals surface area (Å²) in [6.45, 7) is 0.612. The number of hydrogen-bond donors (Lipinski definition) is 2. The van der Waals surface area contributed by atoms with Crippen LogP contribution in [0.2, 0.25) is 0 Å². The Labute approximate surface area is 156 Å². The number of pyridine rings is 1. The molecule has 2 aromatic carbocycles. The molecule has 2 N–H and O–H groups in total. The van der Waals surface area contributed by atoms with E-state index in [1.54, 1.807) is 30.5 Å². The van der Waals surface area contributed by atoms with Gasteiger partial charge in [-0.05, 0) is 55.3 Å². The quantitative estimate of drug-likeness (QED) is 0.744. The van der Waals surface area contributed by atoms with Gasteiger partial charge in [-0.3, -0.25) is 14.6 Å². The van der Waals surface area contributed by atoms with E-state index in [1.165, 1.54) is 0 Å². The molecule has 0 spiro atoms. The molecule has 1 aliphatic heterocycles. The van der Waals surface area contributed by atoms with E-state index in [0.717, 1.165) is 23.7 Å². The molecule has 1 aliphatic rings. The van der Waals surface area contributed by atoms with E-state index < -0.39 is 6.10 Å². The second kappa shape index (κ2) is 7.55. The molecule has 27 heavy (non-hydrogen) atoms. The molecular weight excluding hydrogens is 342 g/mol. The van der Waals surface area contributed by atoms with Gasteiger partial charge in [-0.15, -0.1) is 0 Å². The topological polar surface area (TPSA) is 80.3 Å². The highest BCUT2D eigenvalue weighted by Gasteiger charge is 2.23. The Balaban J connectivity index is 1.51. The number of nitrogens with zero attached hydrogens (tertiary/aromatic N) is 1. The molecule has 1 fully saturated rings. The molecule has 6 nitrogen and oxygen atoms in total. The van der Waals surface area contributed by atoms with Crippen molar-refractivity contribution in [3.8, 4) is 0 Å². The number of benzene rings is 2. The lowest BCUT2D eigenvalue weighted by atomic mass is 10.1. The fourth-order valence-electron chi connectivity index (χ4n) is 3.15. The van der Waals surface area contributed by atoms with Crippen LogP contribution in [0.1, 0.15) is 23.2 Å². The molecular formula is C21H19N3O3. The van der Waals surface area contributed by atoms with Gasteiger partial charge in [-0.2, -0.15) is 0 Å². The van der Waals surface area contributed by atoms with Crippen LogP contribution < -0.4 is 10.6 Å². The van der Waals surface area contributed by atoms with Crippen molar-refractivity contribution in [2.24, 2.45) is 0 Å². The highest BCUT2D eigenvalue weighted by molar-refractivity contribution is 6.09. The van der Waals surface area contributed by atoms with Crippen molar-refractivity contribution in [2.75, 3.05) is 17.2 Å². The van der Waals surface area contributed by atoms with Crippen molar-refractivity contribution < 1.29 is 14.3 Å². The van der Waals surface area contributed by atoms with Crippen molar-refractivity contribution in [3.63, 3.8) is 0 Å². The zero-order valence-corrected chi connectivity index (χ0v) is 14.6. The zero-order valence-electron chi connectivity index (χ0n) is 14.6. The summed E-state index contributed by atoms with van der Waals surface area (Å²) < 4.78 is 5.39. The number of rotatable bonds is 4. The summed E-state index contributed by atoms with van der Waals surface area (Å²) in [5, 5.41) is 6.61. The normalized spacial score (nSPS) is 16.2. The van der Waals surface area contributed by atoms with Crippen LogP contribution in [0.15, 0.2) is 60.8 Å². The van der Waals surface area contributed by atoms with Gasteiger partial charge in [0.15, 0.2) is 0 Å². The van der Waals surface area contributed by atoms with Crippen molar-refractivity contribution >= 4 is 34.1 Å². The van der Waals surface area contributed by atoms with Crippen molar-refractivity contribution in [2.45, 2.75) is 18.9 Å². The first kappa shape index (κ1) is 17.2. The van der Waals surface area contributed by atoms with Crippen LogP contribution in [0.3, 0.4) is 0 Å². The van der Waals surface area contributed by atoms with Crippen LogP contribution in [0.25, 0.3) is 10.9 Å². The third-order valence-electron chi connectivity index (χ3n) is 4.51. The number of anilines is 2. The van der Waals surface area contributed by atoms with Gasteiger partial charge in [0, 0.05) is 29.4 Å². The molecule has 6 heteroatoms. The molecule has 1 aromatic heterocycles. The Hall–Kier alpha value is -3.25. The molecule has 136 valence electrons. The first-order valence-electron chi connectivity index (χ1n) is 8.88. The first-order valence-corrected chi connectivity index (χ1v) is 8.88. The van der Waals surface area contributed by atoms with Crippen molar-refractivity contribution in [1.82, 2.24) is 4.98 Å². The lowest BCUT2D eigenvalue weighted by Crippen LogP contribution is -2.27. The summed E-state index contributed by atoms with van der Waals surface area (Å²) in [4.78, 5) is 29.2. The van der Waals surface area contributed by atoms with Gasteiger partial charge in [0.05, 0.1) is 11.2 Å². The van der Waals surface area contributed by atoms with Gasteiger partial charge in [0.2, 0.25) is 0 Å². The van der Waals surface area contributed by atoms with Gasteiger partial charge in [-0.1, -0.05) is 12.1 Å². The first-order chi connectivity index (χ1) is 13.2. The monoisotopic (exact) mass is 361 g/mol. The van der Waals surface area contributed by atoms with Crippen LogP contribution in [0.4, 0.5) is 11.4 Å². The standard InChI is InChI=1S/C21H19N3O3/c25-20(24-18-9-2-8-17-16(18)7-3-11-22-17)14-5-1-6-15(13-14)23-21(26)19-10-4-12-27-19/h1-3,5-9,11,13,19H,4,10,12H2,(H,23,26)(H,24,25). The fraction of sp³-hybridized carbons (Fsp3) is 0.190. The van der Waals surface area contributed by atoms with E-state index in [0.29, 0.717) is 23.5 Å². The van der Waals surface area contributed by atoms with E-state index in [1.807, 2.05) is 30.3 Å². The summed E-state index contributed by atoms with van der Waals surface area (Å²) in [6, 6.07) is 16.2. The Kier molecular flexibility index (Phi) is 4.80. The smallest absolute Gasteiger partial charge is 0.255 e. The van der Waals surface area contributed by atoms with Crippen molar-refractivity contribution in [1.29, 1.82) is 0 Å². The number of ether oxygens (including phenoxy) is 1. The second-order valence-electron chi connectivity index (χ2n) is 6.40. The summed E-state index contributed by atoms with van der Waals surface area (Å²) in [6.07, 6.45) is 2.92. The van der Waals surface area contributed by atoms with E-state index >= 15 is 0 Å². The highest BCUT2D eigenvalue weighted by Crippen LogP contribution is 2.22. The average molecular weight is 361 g/mol. The zero-order chi connectivity index (χ0) is 18.6. The lowest BCUT2D eigenvalue weighted by molar-refractivity contribution is -0.124. The summed E-state index contributed by atoms with van der Waals surface area (Å²) >= 11 is 0. The molecule has 1 saturated heterocycles. The number of amides is 2. The van der Waals surface area contributed by atoms with Crippen molar-refractivity contribution in [3.05, 3.63) is 66.4 Å². The van der Waals surface area contributed by atoms with Gasteiger partial charge in [0.1, 0.15) is 6.10 Å². The predicted octanol–water partition coefficient (Wildman–Crippen LogP) is 3.60. The minimum atomic E-state index is -0.411. The molecule has 2 amide bonds. The lowest BCUT2D eigenvalue weighted by Gasteiger charge is -2.12. The summed E-state index contributed by atoms with van der Waals surface area (Å²) in [7, 11) is 0. The fourth-order valence-corrected chi connectivity index (χ4v) is 3.15. The maximum Gasteiger partial charge on any atom is 0.255 e. The number of nitrogens with one attached hydrogen (secondary N) is 2. The van der Waals surface area contributed by atoms with Crippen LogP contribution in [-0.4, -0.2) is 29.5 Å². The molecule has 0 radical (unpaired) electrons. The van der Waals surface area contributed by atoms with Gasteiger partial charge in [-0.25, -0.2) is 0 Å². The number of aromatic nitrogens is 1. The molecule has 0 aliphatic carbocycles. The maximum atomic E-state index is 12.7. The van der Waals surface area contributed by atoms with Crippen LogP contribution in [0, 0.1) is 0 Å². The number of carbonyl (C=O) groups is 2. The number of hydrogen-bond acceptors (Lipinski definition) is 4. The molecule has 1 atom stereocenters. The molecule has 3 aromatic rings. The molecule has 4 rings (SSSR count). The van der Waals surface area contributed by atoms with Crippen LogP contribution in [-0.2, 0) is 9.53 Å². The Bertz CT molecular complexity index is 991. The molecule has 2 heterocycles. The average Bonchev–Trinajstić information content (AvgIpc) is 3.23. The highest BCUT2D eigenvalue weighted by atomic mass is 16.5. The number of fused-ring (bicyclic) bond motifs is 1. The van der Waals surface area contributed by atoms with E-state index in [9.17, 15) is 9.59 Å². The molecule has 0 saturated carbocycles. The largest absolute Gasteiger partial charge is 0.368 e. The SMILES string of the molecule is O=C(Nc1cccc2ncccc12)c1cccc(NC(=O)C2CCCO2)c1. The van der Waals surface area contributed by atoms with Crippen LogP contribution in [0.5, 0.6) is 0 Å². The second-order valence-corrected chi connectivity index (χ2v) is 6.40. The van der Waals surface area contributed by atoms with E-state index in [2.05, 4.69) is 15.6 Å². The van der Waals surface area contributed by atoms with E-state index in [4.69, 9.17) is 4.74 Å². The Morgan fingerprint density at radius 3 is 2.78 bits per heavy atom. The molecule has 0 bridgehead atoms. The summed E-state index contributed by atoms with van der Waals surface area (Å²) in [5.74, 6) is -0.426. The summed E-state index contributed by atoms with van der Waals surface area (Å²) in [5.41, 5.74) is 2.54.